The highest BCUT2D eigenvalue weighted by Crippen LogP contribution is 2.27. The Morgan fingerprint density at radius 1 is 1.00 bits per heavy atom. The Morgan fingerprint density at radius 2 is 1.75 bits per heavy atom. The summed E-state index contributed by atoms with van der Waals surface area (Å²) in [5.41, 5.74) is 1.29. The van der Waals surface area contributed by atoms with E-state index in [0.29, 0.717) is 5.91 Å². The number of hydrogen-bond donors (Lipinski definition) is 0. The van der Waals surface area contributed by atoms with Gasteiger partial charge in [-0.15, -0.1) is 11.8 Å². The lowest BCUT2D eigenvalue weighted by Crippen LogP contribution is -2.50. The molecular weight excluding hydrogens is 368 g/mol. The number of anilines is 1. The largest absolute Gasteiger partial charge is 0.352 e. The number of benzene rings is 1. The highest BCUT2D eigenvalue weighted by atomic mass is 32.2. The molecule has 0 atom stereocenters. The van der Waals surface area contributed by atoms with Crippen molar-refractivity contribution in [2.75, 3.05) is 31.1 Å². The van der Waals surface area contributed by atoms with E-state index in [0.717, 1.165) is 55.6 Å². The number of amides is 1. The van der Waals surface area contributed by atoms with Gasteiger partial charge in [-0.1, -0.05) is 49.6 Å². The molecule has 1 saturated heterocycles. The molecule has 2 aromatic rings. The van der Waals surface area contributed by atoms with Crippen molar-refractivity contribution in [1.82, 2.24) is 14.9 Å². The lowest BCUT2D eigenvalue weighted by Gasteiger charge is -2.37. The van der Waals surface area contributed by atoms with Crippen LogP contribution in [0.25, 0.3) is 0 Å². The predicted molar refractivity (Wildman–Crippen MR) is 113 cm³/mol. The Hall–Kier alpha value is -2.08. The van der Waals surface area contributed by atoms with E-state index in [9.17, 15) is 4.79 Å². The van der Waals surface area contributed by atoms with Crippen LogP contribution in [0.1, 0.15) is 37.7 Å². The molecule has 0 N–H and O–H groups in total. The molecule has 2 heterocycles. The van der Waals surface area contributed by atoms with Crippen LogP contribution in [0, 0.1) is 5.92 Å². The molecule has 0 bridgehead atoms. The maximum absolute atomic E-state index is 12.7. The molecule has 5 nitrogen and oxygen atoms in total. The summed E-state index contributed by atoms with van der Waals surface area (Å²) in [4.78, 5) is 26.3. The molecule has 2 aliphatic rings. The molecule has 1 amide bonds. The molecule has 0 unspecified atom stereocenters. The van der Waals surface area contributed by atoms with E-state index in [1.807, 2.05) is 18.5 Å². The second-order valence-electron chi connectivity index (χ2n) is 7.64. The van der Waals surface area contributed by atoms with E-state index < -0.39 is 0 Å². The second kappa shape index (κ2) is 9.41. The van der Waals surface area contributed by atoms with Gasteiger partial charge in [-0.3, -0.25) is 9.78 Å². The first-order chi connectivity index (χ1) is 13.8. The van der Waals surface area contributed by atoms with Crippen LogP contribution in [0.4, 0.5) is 5.82 Å². The normalized spacial score (nSPS) is 18.3. The molecule has 1 saturated carbocycles. The van der Waals surface area contributed by atoms with Crippen molar-refractivity contribution in [2.45, 2.75) is 42.9 Å². The minimum atomic E-state index is 0.262. The van der Waals surface area contributed by atoms with Gasteiger partial charge >= 0.3 is 0 Å². The first-order valence-corrected chi connectivity index (χ1v) is 11.3. The van der Waals surface area contributed by atoms with Gasteiger partial charge in [0.15, 0.2) is 0 Å². The average molecular weight is 397 g/mol. The van der Waals surface area contributed by atoms with Crippen LogP contribution in [-0.2, 0) is 10.5 Å². The average Bonchev–Trinajstić information content (AvgIpc) is 2.79. The van der Waals surface area contributed by atoms with Crippen molar-refractivity contribution >= 4 is 23.5 Å². The van der Waals surface area contributed by atoms with Crippen LogP contribution >= 0.6 is 11.8 Å². The van der Waals surface area contributed by atoms with Gasteiger partial charge in [-0.2, -0.15) is 0 Å². The Bertz CT molecular complexity index is 771. The van der Waals surface area contributed by atoms with Crippen molar-refractivity contribution in [3.63, 3.8) is 0 Å². The Kier molecular flexibility index (Phi) is 6.47. The molecule has 148 valence electrons. The summed E-state index contributed by atoms with van der Waals surface area (Å²) in [6.07, 6.45) is 9.52. The van der Waals surface area contributed by atoms with Gasteiger partial charge in [0.2, 0.25) is 5.91 Å². The number of rotatable bonds is 5. The van der Waals surface area contributed by atoms with E-state index in [2.05, 4.69) is 39.0 Å². The standard InChI is InChI=1S/C22H28N4OS/c27-22(19-9-5-2-6-10-19)26-13-11-25(12-14-26)20-15-23-16-21(24-20)28-17-18-7-3-1-4-8-18/h1,3-4,7-8,15-16,19H,2,5-6,9-14,17H2. The molecule has 1 aromatic heterocycles. The van der Waals surface area contributed by atoms with Gasteiger partial charge in [0, 0.05) is 37.8 Å². The quantitative estimate of drug-likeness (QED) is 0.715. The fourth-order valence-corrected chi connectivity index (χ4v) is 4.86. The molecule has 28 heavy (non-hydrogen) atoms. The van der Waals surface area contributed by atoms with Gasteiger partial charge in [0.05, 0.1) is 12.4 Å². The Labute approximate surface area is 171 Å². The van der Waals surface area contributed by atoms with Crippen molar-refractivity contribution in [3.05, 3.63) is 48.3 Å². The van der Waals surface area contributed by atoms with Gasteiger partial charge in [0.1, 0.15) is 10.8 Å². The van der Waals surface area contributed by atoms with Crippen LogP contribution in [0.15, 0.2) is 47.8 Å². The number of piperazine rings is 1. The zero-order valence-corrected chi connectivity index (χ0v) is 17.1. The van der Waals surface area contributed by atoms with Crippen LogP contribution in [0.5, 0.6) is 0 Å². The summed E-state index contributed by atoms with van der Waals surface area (Å²) in [7, 11) is 0. The van der Waals surface area contributed by atoms with E-state index >= 15 is 0 Å². The van der Waals surface area contributed by atoms with Crippen molar-refractivity contribution in [2.24, 2.45) is 5.92 Å². The lowest BCUT2D eigenvalue weighted by atomic mass is 9.88. The van der Waals surface area contributed by atoms with Gasteiger partial charge in [0.25, 0.3) is 0 Å². The highest BCUT2D eigenvalue weighted by Gasteiger charge is 2.28. The summed E-state index contributed by atoms with van der Waals surface area (Å²) in [5, 5.41) is 0.946. The first kappa shape index (κ1) is 19.2. The molecule has 0 radical (unpaired) electrons. The smallest absolute Gasteiger partial charge is 0.225 e. The molecule has 1 aromatic carbocycles. The number of thioether (sulfide) groups is 1. The summed E-state index contributed by atoms with van der Waals surface area (Å²) in [6.45, 7) is 3.25. The third-order valence-corrected chi connectivity index (χ3v) is 6.67. The molecule has 0 spiro atoms. The highest BCUT2D eigenvalue weighted by molar-refractivity contribution is 7.98. The Morgan fingerprint density at radius 3 is 2.50 bits per heavy atom. The molecule has 4 rings (SSSR count). The molecule has 1 aliphatic heterocycles. The van der Waals surface area contributed by atoms with Crippen LogP contribution < -0.4 is 4.90 Å². The van der Waals surface area contributed by atoms with Crippen LogP contribution in [-0.4, -0.2) is 47.0 Å². The molecule has 1 aliphatic carbocycles. The summed E-state index contributed by atoms with van der Waals surface area (Å²) in [5.74, 6) is 2.45. The molecule has 6 heteroatoms. The van der Waals surface area contributed by atoms with Crippen molar-refractivity contribution in [1.29, 1.82) is 0 Å². The summed E-state index contributed by atoms with van der Waals surface area (Å²) in [6, 6.07) is 10.4. The summed E-state index contributed by atoms with van der Waals surface area (Å²) >= 11 is 1.71. The van der Waals surface area contributed by atoms with Crippen molar-refractivity contribution < 1.29 is 4.79 Å². The zero-order valence-electron chi connectivity index (χ0n) is 16.3. The maximum atomic E-state index is 12.7. The van der Waals surface area contributed by atoms with Gasteiger partial charge in [-0.25, -0.2) is 4.98 Å². The Balaban J connectivity index is 1.31. The van der Waals surface area contributed by atoms with Gasteiger partial charge in [-0.05, 0) is 18.4 Å². The molecule has 2 fully saturated rings. The number of nitrogens with zero attached hydrogens (tertiary/aromatic N) is 4. The number of aromatic nitrogens is 2. The van der Waals surface area contributed by atoms with Gasteiger partial charge < -0.3 is 9.80 Å². The topological polar surface area (TPSA) is 49.3 Å². The zero-order chi connectivity index (χ0) is 19.2. The third kappa shape index (κ3) is 4.85. The number of carbonyl (C=O) groups excluding carboxylic acids is 1. The fraction of sp³-hybridized carbons (Fsp3) is 0.500. The van der Waals surface area contributed by atoms with E-state index in [-0.39, 0.29) is 5.92 Å². The van der Waals surface area contributed by atoms with Crippen molar-refractivity contribution in [3.8, 4) is 0 Å². The SMILES string of the molecule is O=C(C1CCCCC1)N1CCN(c2cncc(SCc3ccccc3)n2)CC1. The summed E-state index contributed by atoms with van der Waals surface area (Å²) < 4.78 is 0. The van der Waals surface area contributed by atoms with E-state index in [4.69, 9.17) is 4.98 Å². The minimum Gasteiger partial charge on any atom is -0.352 e. The monoisotopic (exact) mass is 396 g/mol. The number of hydrogen-bond acceptors (Lipinski definition) is 5. The predicted octanol–water partition coefficient (Wildman–Crippen LogP) is 4.00. The third-order valence-electron chi connectivity index (χ3n) is 5.70. The maximum Gasteiger partial charge on any atom is 0.225 e. The minimum absolute atomic E-state index is 0.262. The fourth-order valence-electron chi connectivity index (χ4n) is 4.06. The van der Waals surface area contributed by atoms with Crippen LogP contribution in [0.2, 0.25) is 0 Å². The van der Waals surface area contributed by atoms with E-state index in [1.165, 1.54) is 24.8 Å². The lowest BCUT2D eigenvalue weighted by molar-refractivity contribution is -0.136. The number of carbonyl (C=O) groups is 1. The first-order valence-electron chi connectivity index (χ1n) is 10.3. The van der Waals surface area contributed by atoms with Crippen LogP contribution in [0.3, 0.4) is 0 Å². The second-order valence-corrected chi connectivity index (χ2v) is 8.63. The van der Waals surface area contributed by atoms with E-state index in [1.54, 1.807) is 11.8 Å². The molecular formula is C22H28N4OS.